The zero-order valence-electron chi connectivity index (χ0n) is 22.8. The summed E-state index contributed by atoms with van der Waals surface area (Å²) in [4.78, 5) is 12.5. The van der Waals surface area contributed by atoms with Gasteiger partial charge in [0.15, 0.2) is 6.61 Å². The quantitative estimate of drug-likeness (QED) is 0.150. The summed E-state index contributed by atoms with van der Waals surface area (Å²) in [5.41, 5.74) is 6.94. The van der Waals surface area contributed by atoms with Crippen LogP contribution in [0.1, 0.15) is 11.1 Å². The zero-order chi connectivity index (χ0) is 28.6. The van der Waals surface area contributed by atoms with E-state index in [-0.39, 0.29) is 12.5 Å². The Kier molecular flexibility index (Phi) is 7.99. The third-order valence-electron chi connectivity index (χ3n) is 6.64. The fraction of sp³-hybridized carbons (Fsp3) is 0.0571. The normalized spacial score (nSPS) is 11.0. The van der Waals surface area contributed by atoms with E-state index in [1.54, 1.807) is 10.9 Å². The third kappa shape index (κ3) is 6.37. The summed E-state index contributed by atoms with van der Waals surface area (Å²) in [7, 11) is 0. The van der Waals surface area contributed by atoms with Gasteiger partial charge in [0.1, 0.15) is 23.8 Å². The molecule has 1 aromatic heterocycles. The first-order chi connectivity index (χ1) is 20.7. The Balaban J connectivity index is 1.16. The van der Waals surface area contributed by atoms with Crippen molar-refractivity contribution in [1.82, 2.24) is 15.2 Å². The highest BCUT2D eigenvalue weighted by molar-refractivity contribution is 5.90. The first kappa shape index (κ1) is 26.5. The lowest BCUT2D eigenvalue weighted by Gasteiger charge is -2.08. The number of aromatic nitrogens is 2. The van der Waals surface area contributed by atoms with E-state index in [1.807, 2.05) is 134 Å². The molecule has 7 heteroatoms. The fourth-order valence-electron chi connectivity index (χ4n) is 4.54. The van der Waals surface area contributed by atoms with Crippen molar-refractivity contribution in [3.63, 3.8) is 0 Å². The van der Waals surface area contributed by atoms with Crippen molar-refractivity contribution in [3.05, 3.63) is 145 Å². The van der Waals surface area contributed by atoms with Crippen LogP contribution in [0.5, 0.6) is 11.5 Å². The predicted molar refractivity (Wildman–Crippen MR) is 165 cm³/mol. The second-order valence-electron chi connectivity index (χ2n) is 9.57. The Hall–Kier alpha value is -5.69. The van der Waals surface area contributed by atoms with Gasteiger partial charge in [-0.25, -0.2) is 10.1 Å². The van der Waals surface area contributed by atoms with Crippen molar-refractivity contribution in [2.75, 3.05) is 6.61 Å². The van der Waals surface area contributed by atoms with Crippen LogP contribution in [0.15, 0.2) is 139 Å². The molecule has 0 atom stereocenters. The molecule has 0 fully saturated rings. The Morgan fingerprint density at radius 1 is 0.786 bits per heavy atom. The van der Waals surface area contributed by atoms with Gasteiger partial charge >= 0.3 is 0 Å². The number of benzene rings is 5. The van der Waals surface area contributed by atoms with Crippen LogP contribution in [0.25, 0.3) is 27.7 Å². The van der Waals surface area contributed by atoms with Gasteiger partial charge in [0.25, 0.3) is 5.91 Å². The second-order valence-corrected chi connectivity index (χ2v) is 9.57. The monoisotopic (exact) mass is 552 g/mol. The van der Waals surface area contributed by atoms with Gasteiger partial charge < -0.3 is 9.47 Å². The maximum absolute atomic E-state index is 12.5. The third-order valence-corrected chi connectivity index (χ3v) is 6.64. The minimum atomic E-state index is -0.365. The van der Waals surface area contributed by atoms with Crippen molar-refractivity contribution in [1.29, 1.82) is 0 Å². The predicted octanol–water partition coefficient (Wildman–Crippen LogP) is 6.80. The van der Waals surface area contributed by atoms with E-state index in [0.717, 1.165) is 44.6 Å². The van der Waals surface area contributed by atoms with E-state index in [1.165, 1.54) is 0 Å². The first-order valence-corrected chi connectivity index (χ1v) is 13.6. The lowest BCUT2D eigenvalue weighted by molar-refractivity contribution is -0.123. The maximum atomic E-state index is 12.5. The average molecular weight is 553 g/mol. The number of nitrogens with zero attached hydrogens (tertiary/aromatic N) is 3. The van der Waals surface area contributed by atoms with Crippen LogP contribution in [0.3, 0.4) is 0 Å². The minimum Gasteiger partial charge on any atom is -0.489 e. The molecule has 0 bridgehead atoms. The largest absolute Gasteiger partial charge is 0.489 e. The summed E-state index contributed by atoms with van der Waals surface area (Å²) in [5.74, 6) is 1.05. The molecule has 0 saturated heterocycles. The topological polar surface area (TPSA) is 77.7 Å². The second kappa shape index (κ2) is 12.7. The SMILES string of the molecule is O=C(COc1cccc2ccccc12)NN=Cc1cn(-c2ccccc2)nc1-c1ccc(OCc2ccccc2)cc1. The molecule has 6 rings (SSSR count). The number of hydrazone groups is 1. The van der Waals surface area contributed by atoms with Crippen LogP contribution in [0.2, 0.25) is 0 Å². The first-order valence-electron chi connectivity index (χ1n) is 13.6. The molecule has 1 amide bonds. The summed E-state index contributed by atoms with van der Waals surface area (Å²) < 4.78 is 13.5. The lowest BCUT2D eigenvalue weighted by atomic mass is 10.1. The van der Waals surface area contributed by atoms with Crippen LogP contribution in [-0.4, -0.2) is 28.5 Å². The van der Waals surface area contributed by atoms with Gasteiger partial charge in [-0.15, -0.1) is 0 Å². The van der Waals surface area contributed by atoms with Gasteiger partial charge in [0.2, 0.25) is 0 Å². The molecule has 1 heterocycles. The molecular weight excluding hydrogens is 524 g/mol. The number of carbonyl (C=O) groups excluding carboxylic acids is 1. The molecule has 5 aromatic carbocycles. The van der Waals surface area contributed by atoms with E-state index in [0.29, 0.717) is 12.4 Å². The molecule has 0 saturated carbocycles. The molecule has 7 nitrogen and oxygen atoms in total. The molecule has 0 aliphatic carbocycles. The number of rotatable bonds is 10. The van der Waals surface area contributed by atoms with Gasteiger partial charge in [-0.3, -0.25) is 4.79 Å². The summed E-state index contributed by atoms with van der Waals surface area (Å²) in [6, 6.07) is 41.3. The Morgan fingerprint density at radius 3 is 2.31 bits per heavy atom. The van der Waals surface area contributed by atoms with Gasteiger partial charge in [-0.1, -0.05) is 84.9 Å². The number of ether oxygens (including phenoxy) is 2. The van der Waals surface area contributed by atoms with Crippen LogP contribution in [-0.2, 0) is 11.4 Å². The van der Waals surface area contributed by atoms with Crippen LogP contribution < -0.4 is 14.9 Å². The minimum absolute atomic E-state index is 0.161. The lowest BCUT2D eigenvalue weighted by Crippen LogP contribution is -2.24. The molecule has 0 aliphatic heterocycles. The smallest absolute Gasteiger partial charge is 0.277 e. The summed E-state index contributed by atoms with van der Waals surface area (Å²) in [5, 5.41) is 11.0. The number of fused-ring (bicyclic) bond motifs is 1. The van der Waals surface area contributed by atoms with Crippen LogP contribution in [0, 0.1) is 0 Å². The molecule has 0 unspecified atom stereocenters. The number of nitrogens with one attached hydrogen (secondary N) is 1. The molecule has 6 aromatic rings. The molecule has 0 spiro atoms. The molecule has 1 N–H and O–H groups in total. The van der Waals surface area contributed by atoms with E-state index in [2.05, 4.69) is 10.5 Å². The van der Waals surface area contributed by atoms with Crippen molar-refractivity contribution in [3.8, 4) is 28.4 Å². The van der Waals surface area contributed by atoms with Gasteiger partial charge in [-0.2, -0.15) is 10.2 Å². The van der Waals surface area contributed by atoms with Crippen LogP contribution in [0.4, 0.5) is 0 Å². The van der Waals surface area contributed by atoms with E-state index in [4.69, 9.17) is 14.6 Å². The number of carbonyl (C=O) groups is 1. The Morgan fingerprint density at radius 2 is 1.50 bits per heavy atom. The van der Waals surface area contributed by atoms with Gasteiger partial charge in [0.05, 0.1) is 11.9 Å². The van der Waals surface area contributed by atoms with Crippen molar-refractivity contribution in [2.24, 2.45) is 5.10 Å². The number of hydrogen-bond acceptors (Lipinski definition) is 5. The molecule has 42 heavy (non-hydrogen) atoms. The van der Waals surface area contributed by atoms with Crippen molar-refractivity contribution >= 4 is 22.9 Å². The highest BCUT2D eigenvalue weighted by Gasteiger charge is 2.12. The van der Waals surface area contributed by atoms with E-state index in [9.17, 15) is 4.79 Å². The van der Waals surface area contributed by atoms with Crippen molar-refractivity contribution < 1.29 is 14.3 Å². The summed E-state index contributed by atoms with van der Waals surface area (Å²) >= 11 is 0. The van der Waals surface area contributed by atoms with E-state index < -0.39 is 0 Å². The van der Waals surface area contributed by atoms with Gasteiger partial charge in [-0.05, 0) is 53.4 Å². The molecule has 0 radical (unpaired) electrons. The van der Waals surface area contributed by atoms with Gasteiger partial charge in [0, 0.05) is 22.7 Å². The molecule has 206 valence electrons. The maximum Gasteiger partial charge on any atom is 0.277 e. The fourth-order valence-corrected chi connectivity index (χ4v) is 4.54. The summed E-state index contributed by atoms with van der Waals surface area (Å²) in [6.07, 6.45) is 3.48. The Labute approximate surface area is 243 Å². The van der Waals surface area contributed by atoms with Crippen LogP contribution >= 0.6 is 0 Å². The molecular formula is C35H28N4O3. The number of hydrogen-bond donors (Lipinski definition) is 1. The molecule has 0 aliphatic rings. The zero-order valence-corrected chi connectivity index (χ0v) is 22.8. The van der Waals surface area contributed by atoms with Crippen molar-refractivity contribution in [2.45, 2.75) is 6.61 Å². The average Bonchev–Trinajstić information content (AvgIpc) is 3.48. The highest BCUT2D eigenvalue weighted by atomic mass is 16.5. The number of para-hydroxylation sites is 1. The Bertz CT molecular complexity index is 1810. The summed E-state index contributed by atoms with van der Waals surface area (Å²) in [6.45, 7) is 0.330. The standard InChI is InChI=1S/C35H28N4O3/c40-34(25-42-33-17-9-13-27-12-7-8-16-32(27)33)37-36-22-29-23-39(30-14-5-2-6-15-30)38-35(29)28-18-20-31(21-19-28)41-24-26-10-3-1-4-11-26/h1-23H,24-25H2,(H,37,40). The van der Waals surface area contributed by atoms with E-state index >= 15 is 0 Å². The highest BCUT2D eigenvalue weighted by Crippen LogP contribution is 2.26. The number of amides is 1.